The maximum Gasteiger partial charge on any atom is 0.265 e. The molecule has 0 aliphatic carbocycles. The Morgan fingerprint density at radius 3 is 2.71 bits per heavy atom. The molecule has 0 aliphatic rings. The predicted octanol–water partition coefficient (Wildman–Crippen LogP) is 2.82. The average Bonchev–Trinajstić information content (AvgIpc) is 2.45. The Kier molecular flexibility index (Phi) is 1.91. The molecular weight excluding hydrogens is 188 g/mol. The van der Waals surface area contributed by atoms with Crippen LogP contribution >= 0.6 is 0 Å². The first-order chi connectivity index (χ1) is 6.61. The Balaban J connectivity index is 2.84. The van der Waals surface area contributed by atoms with Gasteiger partial charge in [-0.3, -0.25) is 0 Å². The van der Waals surface area contributed by atoms with E-state index in [1.165, 1.54) is 16.8 Å². The van der Waals surface area contributed by atoms with Gasteiger partial charge in [-0.2, -0.15) is 0 Å². The van der Waals surface area contributed by atoms with E-state index in [0.717, 1.165) is 0 Å². The Hall–Kier alpha value is -1.58. The molecule has 2 nitrogen and oxygen atoms in total. The van der Waals surface area contributed by atoms with E-state index in [1.807, 2.05) is 0 Å². The molecule has 0 atom stereocenters. The third-order valence-electron chi connectivity index (χ3n) is 2.25. The van der Waals surface area contributed by atoms with E-state index < -0.39 is 6.43 Å². The second kappa shape index (κ2) is 2.97. The first kappa shape index (κ1) is 8.99. The predicted molar refractivity (Wildman–Crippen MR) is 49.5 cm³/mol. The van der Waals surface area contributed by atoms with Gasteiger partial charge in [0.15, 0.2) is 0 Å². The number of phenolic OH excluding ortho intramolecular Hbond substituents is 1. The summed E-state index contributed by atoms with van der Waals surface area (Å²) in [5, 5.41) is 9.89. The molecule has 1 N–H and O–H groups in total. The molecule has 0 bridgehead atoms. The fraction of sp³-hybridized carbons (Fsp3) is 0.200. The molecule has 2 rings (SSSR count). The molecule has 0 saturated carbocycles. The van der Waals surface area contributed by atoms with Crippen molar-refractivity contribution in [3.8, 4) is 5.75 Å². The quantitative estimate of drug-likeness (QED) is 0.747. The summed E-state index contributed by atoms with van der Waals surface area (Å²) in [6, 6.07) is 4.62. The smallest absolute Gasteiger partial charge is 0.265 e. The van der Waals surface area contributed by atoms with Gasteiger partial charge in [-0.05, 0) is 6.07 Å². The Morgan fingerprint density at radius 2 is 2.07 bits per heavy atom. The molecule has 4 heteroatoms. The third kappa shape index (κ3) is 1.14. The van der Waals surface area contributed by atoms with Gasteiger partial charge in [0, 0.05) is 24.2 Å². The second-order valence-electron chi connectivity index (χ2n) is 3.17. The summed E-state index contributed by atoms with van der Waals surface area (Å²) in [6.07, 6.45) is -1.17. The number of phenols is 1. The molecule has 1 heterocycles. The van der Waals surface area contributed by atoms with Gasteiger partial charge in [0.1, 0.15) is 5.75 Å². The monoisotopic (exact) mass is 197 g/mol. The van der Waals surface area contributed by atoms with Crippen molar-refractivity contribution in [1.29, 1.82) is 0 Å². The first-order valence-electron chi connectivity index (χ1n) is 4.16. The number of hydrogen-bond acceptors (Lipinski definition) is 1. The van der Waals surface area contributed by atoms with Crippen molar-refractivity contribution >= 4 is 10.9 Å². The maximum atomic E-state index is 12.5. The molecule has 0 fully saturated rings. The van der Waals surface area contributed by atoms with E-state index in [1.54, 1.807) is 19.2 Å². The molecule has 2 aromatic rings. The molecule has 0 radical (unpaired) electrons. The maximum absolute atomic E-state index is 12.5. The lowest BCUT2D eigenvalue weighted by Gasteiger charge is -1.98. The van der Waals surface area contributed by atoms with Crippen molar-refractivity contribution in [2.45, 2.75) is 6.43 Å². The molecule has 1 aromatic carbocycles. The van der Waals surface area contributed by atoms with E-state index in [2.05, 4.69) is 0 Å². The van der Waals surface area contributed by atoms with Crippen LogP contribution in [0.4, 0.5) is 8.78 Å². The van der Waals surface area contributed by atoms with Gasteiger partial charge in [0.05, 0.1) is 5.52 Å². The van der Waals surface area contributed by atoms with Crippen LogP contribution in [0.2, 0.25) is 0 Å². The summed E-state index contributed by atoms with van der Waals surface area (Å²) in [7, 11) is 1.63. The normalized spacial score (nSPS) is 11.4. The van der Waals surface area contributed by atoms with E-state index in [4.69, 9.17) is 0 Å². The van der Waals surface area contributed by atoms with Crippen LogP contribution in [0.15, 0.2) is 24.4 Å². The van der Waals surface area contributed by atoms with E-state index >= 15 is 0 Å². The number of alkyl halides is 2. The Labute approximate surface area is 79.4 Å². The van der Waals surface area contributed by atoms with Gasteiger partial charge in [-0.25, -0.2) is 8.78 Å². The molecule has 0 unspecified atom stereocenters. The van der Waals surface area contributed by atoms with E-state index in [-0.39, 0.29) is 11.3 Å². The van der Waals surface area contributed by atoms with Crippen LogP contribution in [-0.2, 0) is 7.05 Å². The van der Waals surface area contributed by atoms with Gasteiger partial charge in [-0.15, -0.1) is 0 Å². The summed E-state index contributed by atoms with van der Waals surface area (Å²) in [5.74, 6) is 0.0249. The molecule has 1 aromatic heterocycles. The number of aromatic nitrogens is 1. The zero-order valence-electron chi connectivity index (χ0n) is 7.54. The van der Waals surface area contributed by atoms with Crippen LogP contribution in [0.5, 0.6) is 5.75 Å². The zero-order valence-corrected chi connectivity index (χ0v) is 7.54. The van der Waals surface area contributed by atoms with Gasteiger partial charge < -0.3 is 9.67 Å². The summed E-state index contributed by atoms with van der Waals surface area (Å²) in [5.41, 5.74) is 0.404. The number of fused-ring (bicyclic) bond motifs is 1. The van der Waals surface area contributed by atoms with Crippen molar-refractivity contribution in [2.24, 2.45) is 7.05 Å². The van der Waals surface area contributed by atoms with Gasteiger partial charge in [0.2, 0.25) is 0 Å². The first-order valence-corrected chi connectivity index (χ1v) is 4.16. The van der Waals surface area contributed by atoms with Crippen molar-refractivity contribution < 1.29 is 13.9 Å². The van der Waals surface area contributed by atoms with Crippen LogP contribution in [-0.4, -0.2) is 9.67 Å². The van der Waals surface area contributed by atoms with Crippen LogP contribution in [0, 0.1) is 0 Å². The lowest BCUT2D eigenvalue weighted by molar-refractivity contribution is 0.153. The van der Waals surface area contributed by atoms with Gasteiger partial charge >= 0.3 is 0 Å². The highest BCUT2D eigenvalue weighted by molar-refractivity contribution is 5.89. The lowest BCUT2D eigenvalue weighted by Crippen LogP contribution is -1.83. The lowest BCUT2D eigenvalue weighted by atomic mass is 10.2. The summed E-state index contributed by atoms with van der Waals surface area (Å²) in [4.78, 5) is 0. The molecule has 74 valence electrons. The third-order valence-corrected chi connectivity index (χ3v) is 2.25. The average molecular weight is 197 g/mol. The topological polar surface area (TPSA) is 25.2 Å². The van der Waals surface area contributed by atoms with E-state index in [9.17, 15) is 13.9 Å². The van der Waals surface area contributed by atoms with Crippen LogP contribution in [0.1, 0.15) is 12.0 Å². The molecule has 0 aliphatic heterocycles. The molecule has 0 saturated heterocycles. The number of nitrogens with zero attached hydrogens (tertiary/aromatic N) is 1. The minimum atomic E-state index is -2.51. The SMILES string of the molecule is Cn1cc(C(F)F)c2cccc(O)c21. The molecule has 14 heavy (non-hydrogen) atoms. The minimum absolute atomic E-state index is 0.0249. The van der Waals surface area contributed by atoms with E-state index in [0.29, 0.717) is 10.9 Å². The number of benzene rings is 1. The molecule has 0 amide bonds. The summed E-state index contributed by atoms with van der Waals surface area (Å²) >= 11 is 0. The molecule has 0 spiro atoms. The van der Waals surface area contributed by atoms with Crippen molar-refractivity contribution in [1.82, 2.24) is 4.57 Å². The van der Waals surface area contributed by atoms with Crippen molar-refractivity contribution in [3.05, 3.63) is 30.0 Å². The van der Waals surface area contributed by atoms with Crippen molar-refractivity contribution in [2.75, 3.05) is 0 Å². The van der Waals surface area contributed by atoms with Crippen LogP contribution < -0.4 is 0 Å². The fourth-order valence-electron chi connectivity index (χ4n) is 1.65. The van der Waals surface area contributed by atoms with Crippen LogP contribution in [0.25, 0.3) is 10.9 Å². The highest BCUT2D eigenvalue weighted by atomic mass is 19.3. The van der Waals surface area contributed by atoms with Crippen LogP contribution in [0.3, 0.4) is 0 Å². The Bertz CT molecular complexity index is 476. The number of aryl methyl sites for hydroxylation is 1. The number of aromatic hydroxyl groups is 1. The highest BCUT2D eigenvalue weighted by Gasteiger charge is 2.16. The fourth-order valence-corrected chi connectivity index (χ4v) is 1.65. The standard InChI is InChI=1S/C10H9F2NO/c1-13-5-7(10(11)12)6-3-2-4-8(14)9(6)13/h2-5,10,14H,1H3. The zero-order chi connectivity index (χ0) is 10.3. The highest BCUT2D eigenvalue weighted by Crippen LogP contribution is 2.33. The minimum Gasteiger partial charge on any atom is -0.506 e. The van der Waals surface area contributed by atoms with Gasteiger partial charge in [0.25, 0.3) is 6.43 Å². The number of halogens is 2. The number of rotatable bonds is 1. The number of hydrogen-bond donors (Lipinski definition) is 1. The van der Waals surface area contributed by atoms with Crippen molar-refractivity contribution in [3.63, 3.8) is 0 Å². The second-order valence-corrected chi connectivity index (χ2v) is 3.17. The Morgan fingerprint density at radius 1 is 1.36 bits per heavy atom. The summed E-state index contributed by atoms with van der Waals surface area (Å²) in [6.45, 7) is 0. The molecular formula is C10H9F2NO. The summed E-state index contributed by atoms with van der Waals surface area (Å²) < 4.78 is 26.6. The number of para-hydroxylation sites is 1. The largest absolute Gasteiger partial charge is 0.506 e. The van der Waals surface area contributed by atoms with Gasteiger partial charge in [-0.1, -0.05) is 12.1 Å².